The second-order valence-corrected chi connectivity index (χ2v) is 6.18. The summed E-state index contributed by atoms with van der Waals surface area (Å²) in [5.74, 6) is 1.65. The Morgan fingerprint density at radius 3 is 2.22 bits per heavy atom. The van der Waals surface area contributed by atoms with E-state index >= 15 is 0 Å². The summed E-state index contributed by atoms with van der Waals surface area (Å²) in [7, 11) is 4.73. The van der Waals surface area contributed by atoms with E-state index in [-0.39, 0.29) is 11.9 Å². The molecule has 1 heterocycles. The van der Waals surface area contributed by atoms with Crippen molar-refractivity contribution in [3.63, 3.8) is 0 Å². The Labute approximate surface area is 159 Å². The van der Waals surface area contributed by atoms with Crippen LogP contribution in [0.2, 0.25) is 0 Å². The van der Waals surface area contributed by atoms with Gasteiger partial charge in [-0.25, -0.2) is 5.01 Å². The van der Waals surface area contributed by atoms with E-state index in [9.17, 15) is 4.79 Å². The van der Waals surface area contributed by atoms with Gasteiger partial charge in [0.05, 0.1) is 33.1 Å². The average Bonchev–Trinajstić information content (AvgIpc) is 3.18. The summed E-state index contributed by atoms with van der Waals surface area (Å²) in [6, 6.07) is 13.6. The molecule has 0 fully saturated rings. The lowest BCUT2D eigenvalue weighted by molar-refractivity contribution is -0.132. The van der Waals surface area contributed by atoms with Gasteiger partial charge in [0.25, 0.3) is 0 Å². The van der Waals surface area contributed by atoms with Crippen LogP contribution in [0.15, 0.2) is 47.6 Å². The molecule has 0 radical (unpaired) electrons. The molecular weight excluding hydrogens is 344 g/mol. The molecule has 6 heteroatoms. The van der Waals surface area contributed by atoms with Gasteiger partial charge in [0.2, 0.25) is 11.7 Å². The van der Waals surface area contributed by atoms with Crippen molar-refractivity contribution < 1.29 is 19.0 Å². The molecule has 0 unspecified atom stereocenters. The van der Waals surface area contributed by atoms with Crippen LogP contribution in [0.1, 0.15) is 36.9 Å². The maximum absolute atomic E-state index is 12.5. The van der Waals surface area contributed by atoms with Crippen molar-refractivity contribution >= 4 is 11.6 Å². The van der Waals surface area contributed by atoms with Gasteiger partial charge in [-0.15, -0.1) is 0 Å². The summed E-state index contributed by atoms with van der Waals surface area (Å²) in [6.45, 7) is 1.84. The minimum atomic E-state index is -0.118. The first-order valence-electron chi connectivity index (χ1n) is 8.87. The maximum Gasteiger partial charge on any atom is 0.242 e. The molecule has 1 aliphatic heterocycles. The molecule has 1 atom stereocenters. The second-order valence-electron chi connectivity index (χ2n) is 6.18. The van der Waals surface area contributed by atoms with Crippen molar-refractivity contribution in [3.8, 4) is 17.2 Å². The normalized spacial score (nSPS) is 16.1. The highest BCUT2D eigenvalue weighted by Crippen LogP contribution is 2.40. The van der Waals surface area contributed by atoms with Crippen LogP contribution in [0.3, 0.4) is 0 Å². The molecule has 2 aromatic rings. The smallest absolute Gasteiger partial charge is 0.242 e. The van der Waals surface area contributed by atoms with Crippen molar-refractivity contribution in [2.75, 3.05) is 21.3 Å². The van der Waals surface area contributed by atoms with Gasteiger partial charge in [-0.05, 0) is 17.7 Å². The van der Waals surface area contributed by atoms with Crippen molar-refractivity contribution in [1.82, 2.24) is 5.01 Å². The van der Waals surface area contributed by atoms with E-state index in [1.54, 1.807) is 26.3 Å². The third-order valence-electron chi connectivity index (χ3n) is 4.65. The van der Waals surface area contributed by atoms with Crippen LogP contribution >= 0.6 is 0 Å². The Hall–Kier alpha value is -3.02. The van der Waals surface area contributed by atoms with E-state index in [4.69, 9.17) is 14.2 Å². The zero-order valence-corrected chi connectivity index (χ0v) is 16.1. The van der Waals surface area contributed by atoms with Gasteiger partial charge in [0, 0.05) is 18.4 Å². The van der Waals surface area contributed by atoms with E-state index < -0.39 is 0 Å². The number of nitrogens with zero attached hydrogens (tertiary/aromatic N) is 2. The minimum Gasteiger partial charge on any atom is -0.493 e. The summed E-state index contributed by atoms with van der Waals surface area (Å²) in [6.07, 6.45) is 1.02. The summed E-state index contributed by atoms with van der Waals surface area (Å²) >= 11 is 0. The van der Waals surface area contributed by atoms with E-state index in [2.05, 4.69) is 5.10 Å². The highest BCUT2D eigenvalue weighted by molar-refractivity contribution is 6.04. The number of carbonyl (C=O) groups excluding carboxylic acids is 1. The lowest BCUT2D eigenvalue weighted by Gasteiger charge is -2.21. The van der Waals surface area contributed by atoms with Gasteiger partial charge >= 0.3 is 0 Å². The van der Waals surface area contributed by atoms with Crippen LogP contribution in [-0.2, 0) is 4.79 Å². The molecule has 27 heavy (non-hydrogen) atoms. The van der Waals surface area contributed by atoms with E-state index in [1.165, 1.54) is 0 Å². The standard InChI is InChI=1S/C21H24N2O4/c1-5-20(24)23-17(14-9-7-6-8-10-14)13-16(22-23)15-11-18(25-2)21(27-4)19(12-15)26-3/h6-12,17H,5,13H2,1-4H3/t17-/m1/s1. The van der Waals surface area contributed by atoms with Crippen LogP contribution in [0.5, 0.6) is 17.2 Å². The number of rotatable bonds is 6. The van der Waals surface area contributed by atoms with E-state index in [0.717, 1.165) is 16.8 Å². The Morgan fingerprint density at radius 1 is 1.07 bits per heavy atom. The lowest BCUT2D eigenvalue weighted by atomic mass is 9.98. The van der Waals surface area contributed by atoms with Crippen LogP contribution in [0.25, 0.3) is 0 Å². The summed E-state index contributed by atoms with van der Waals surface area (Å²) in [5, 5.41) is 6.23. The molecular formula is C21H24N2O4. The summed E-state index contributed by atoms with van der Waals surface area (Å²) in [5.41, 5.74) is 2.72. The molecule has 0 aromatic heterocycles. The number of amides is 1. The van der Waals surface area contributed by atoms with Crippen LogP contribution < -0.4 is 14.2 Å². The molecule has 0 saturated heterocycles. The average molecular weight is 368 g/mol. The number of ether oxygens (including phenoxy) is 3. The van der Waals surface area contributed by atoms with Gasteiger partial charge < -0.3 is 14.2 Å². The SMILES string of the molecule is CCC(=O)N1N=C(c2cc(OC)c(OC)c(OC)c2)C[C@@H]1c1ccccc1. The quantitative estimate of drug-likeness (QED) is 0.778. The highest BCUT2D eigenvalue weighted by Gasteiger charge is 2.33. The predicted molar refractivity (Wildman–Crippen MR) is 104 cm³/mol. The zero-order chi connectivity index (χ0) is 19.4. The molecule has 1 aliphatic rings. The predicted octanol–water partition coefficient (Wildman–Crippen LogP) is 3.80. The molecule has 1 amide bonds. The van der Waals surface area contributed by atoms with Crippen molar-refractivity contribution in [1.29, 1.82) is 0 Å². The van der Waals surface area contributed by atoms with Crippen LogP contribution in [0, 0.1) is 0 Å². The van der Waals surface area contributed by atoms with Gasteiger partial charge in [-0.3, -0.25) is 4.79 Å². The number of methoxy groups -OCH3 is 3. The topological polar surface area (TPSA) is 60.4 Å². The molecule has 2 aromatic carbocycles. The van der Waals surface area contributed by atoms with E-state index in [1.807, 2.05) is 49.4 Å². The number of benzene rings is 2. The summed E-state index contributed by atoms with van der Waals surface area (Å²) < 4.78 is 16.3. The Morgan fingerprint density at radius 2 is 1.70 bits per heavy atom. The van der Waals surface area contributed by atoms with Gasteiger partial charge in [-0.1, -0.05) is 37.3 Å². The largest absolute Gasteiger partial charge is 0.493 e. The third kappa shape index (κ3) is 3.60. The first kappa shape index (κ1) is 18.8. The van der Waals surface area contributed by atoms with Crippen molar-refractivity contribution in [2.45, 2.75) is 25.8 Å². The summed E-state index contributed by atoms with van der Waals surface area (Å²) in [4.78, 5) is 12.5. The zero-order valence-electron chi connectivity index (χ0n) is 16.1. The number of hydrazone groups is 1. The number of hydrogen-bond donors (Lipinski definition) is 0. The highest BCUT2D eigenvalue weighted by atomic mass is 16.5. The molecule has 142 valence electrons. The first-order chi connectivity index (χ1) is 13.1. The molecule has 0 spiro atoms. The maximum atomic E-state index is 12.5. The van der Waals surface area contributed by atoms with E-state index in [0.29, 0.717) is 30.1 Å². The van der Waals surface area contributed by atoms with Crippen molar-refractivity contribution in [2.24, 2.45) is 5.10 Å². The van der Waals surface area contributed by atoms with Gasteiger partial charge in [0.1, 0.15) is 0 Å². The van der Waals surface area contributed by atoms with Crippen LogP contribution in [-0.4, -0.2) is 38.0 Å². The number of hydrogen-bond acceptors (Lipinski definition) is 5. The Bertz CT molecular complexity index is 824. The molecule has 6 nitrogen and oxygen atoms in total. The molecule has 0 aliphatic carbocycles. The lowest BCUT2D eigenvalue weighted by Crippen LogP contribution is -2.26. The molecule has 0 N–H and O–H groups in total. The fourth-order valence-electron chi connectivity index (χ4n) is 3.26. The Kier molecular flexibility index (Phi) is 5.64. The molecule has 3 rings (SSSR count). The van der Waals surface area contributed by atoms with Gasteiger partial charge in [-0.2, -0.15) is 5.10 Å². The third-order valence-corrected chi connectivity index (χ3v) is 4.65. The Balaban J connectivity index is 2.03. The monoisotopic (exact) mass is 368 g/mol. The molecule has 0 saturated carbocycles. The fraction of sp³-hybridized carbons (Fsp3) is 0.333. The minimum absolute atomic E-state index is 0.00806. The second kappa shape index (κ2) is 8.12. The van der Waals surface area contributed by atoms with Crippen LogP contribution in [0.4, 0.5) is 0 Å². The van der Waals surface area contributed by atoms with Crippen molar-refractivity contribution in [3.05, 3.63) is 53.6 Å². The fourth-order valence-corrected chi connectivity index (χ4v) is 3.26. The van der Waals surface area contributed by atoms with Gasteiger partial charge in [0.15, 0.2) is 11.5 Å². The molecule has 0 bridgehead atoms. The number of carbonyl (C=O) groups is 1. The first-order valence-corrected chi connectivity index (χ1v) is 8.87.